The molecule has 4 rings (SSSR count). The molecule has 3 nitrogen and oxygen atoms in total. The molecule has 7 atom stereocenters. The minimum atomic E-state index is -0.291. The molecule has 134 valence electrons. The molecule has 3 fully saturated rings. The zero-order valence-corrected chi connectivity index (χ0v) is 15.1. The first kappa shape index (κ1) is 16.8. The summed E-state index contributed by atoms with van der Waals surface area (Å²) in [4.78, 5) is 12.3. The number of carbonyl (C=O) groups is 1. The lowest BCUT2D eigenvalue weighted by atomic mass is 9.47. The van der Waals surface area contributed by atoms with Crippen LogP contribution in [0.15, 0.2) is 11.6 Å². The average molecular weight is 332 g/mol. The van der Waals surface area contributed by atoms with Gasteiger partial charge in [0.2, 0.25) is 0 Å². The van der Waals surface area contributed by atoms with Crippen LogP contribution in [0.2, 0.25) is 0 Å². The summed E-state index contributed by atoms with van der Waals surface area (Å²) in [5.74, 6) is 2.16. The Bertz CT molecular complexity index is 567. The van der Waals surface area contributed by atoms with Crippen molar-refractivity contribution in [3.05, 3.63) is 11.6 Å². The minimum Gasteiger partial charge on any atom is -0.393 e. The maximum absolute atomic E-state index is 12.3. The van der Waals surface area contributed by atoms with Crippen molar-refractivity contribution in [3.8, 4) is 0 Å². The van der Waals surface area contributed by atoms with E-state index in [9.17, 15) is 15.0 Å². The highest BCUT2D eigenvalue weighted by Crippen LogP contribution is 2.66. The fourth-order valence-corrected chi connectivity index (χ4v) is 7.28. The summed E-state index contributed by atoms with van der Waals surface area (Å²) in [6, 6.07) is 0. The molecule has 3 heteroatoms. The first-order chi connectivity index (χ1) is 11.4. The lowest BCUT2D eigenvalue weighted by molar-refractivity contribution is -0.132. The number of aliphatic hydroxyl groups excluding tert-OH is 2. The Hall–Kier alpha value is -0.670. The van der Waals surface area contributed by atoms with Crippen molar-refractivity contribution in [2.24, 2.45) is 34.5 Å². The maximum atomic E-state index is 12.3. The van der Waals surface area contributed by atoms with Gasteiger partial charge in [0.05, 0.1) is 6.10 Å². The van der Waals surface area contributed by atoms with Gasteiger partial charge in [0.1, 0.15) is 6.61 Å². The van der Waals surface area contributed by atoms with E-state index < -0.39 is 0 Å². The van der Waals surface area contributed by atoms with Crippen LogP contribution in [0, 0.1) is 34.5 Å². The summed E-state index contributed by atoms with van der Waals surface area (Å²) < 4.78 is 0. The molecule has 0 amide bonds. The Morgan fingerprint density at radius 1 is 1.17 bits per heavy atom. The number of ketones is 1. The van der Waals surface area contributed by atoms with Crippen LogP contribution >= 0.6 is 0 Å². The Balaban J connectivity index is 1.64. The summed E-state index contributed by atoms with van der Waals surface area (Å²) in [5.41, 5.74) is 1.87. The first-order valence-electron chi connectivity index (χ1n) is 9.91. The monoisotopic (exact) mass is 332 g/mol. The fraction of sp³-hybridized carbons (Fsp3) is 0.857. The summed E-state index contributed by atoms with van der Waals surface area (Å²) in [6.45, 7) is 4.47. The molecule has 2 N–H and O–H groups in total. The third kappa shape index (κ3) is 2.20. The topological polar surface area (TPSA) is 57.5 Å². The molecule has 0 radical (unpaired) electrons. The van der Waals surface area contributed by atoms with Crippen molar-refractivity contribution in [3.63, 3.8) is 0 Å². The highest BCUT2D eigenvalue weighted by Gasteiger charge is 2.59. The number of aliphatic hydroxyl groups is 2. The van der Waals surface area contributed by atoms with Gasteiger partial charge in [0.15, 0.2) is 5.78 Å². The number of Topliss-reactive ketones (excluding diaryl/α,β-unsaturated/α-hetero) is 1. The number of hydrogen-bond donors (Lipinski definition) is 2. The quantitative estimate of drug-likeness (QED) is 0.761. The van der Waals surface area contributed by atoms with Gasteiger partial charge in [-0.1, -0.05) is 25.5 Å². The second kappa shape index (κ2) is 5.67. The molecule has 0 spiro atoms. The van der Waals surface area contributed by atoms with Gasteiger partial charge in [-0.15, -0.1) is 0 Å². The zero-order chi connectivity index (χ0) is 17.1. The van der Waals surface area contributed by atoms with Crippen LogP contribution in [-0.4, -0.2) is 28.7 Å². The van der Waals surface area contributed by atoms with Gasteiger partial charge in [0, 0.05) is 5.92 Å². The van der Waals surface area contributed by atoms with Crippen molar-refractivity contribution in [2.45, 2.75) is 71.3 Å². The van der Waals surface area contributed by atoms with E-state index >= 15 is 0 Å². The molecule has 0 unspecified atom stereocenters. The normalized spacial score (nSPS) is 50.5. The van der Waals surface area contributed by atoms with Gasteiger partial charge in [-0.25, -0.2) is 0 Å². The number of rotatable bonds is 2. The van der Waals surface area contributed by atoms with Crippen LogP contribution < -0.4 is 0 Å². The lowest BCUT2D eigenvalue weighted by Crippen LogP contribution is -2.51. The van der Waals surface area contributed by atoms with E-state index in [2.05, 4.69) is 19.9 Å². The highest BCUT2D eigenvalue weighted by atomic mass is 16.3. The van der Waals surface area contributed by atoms with Gasteiger partial charge in [-0.3, -0.25) is 4.79 Å². The molecule has 24 heavy (non-hydrogen) atoms. The fourth-order valence-electron chi connectivity index (χ4n) is 7.28. The van der Waals surface area contributed by atoms with Crippen LogP contribution in [0.4, 0.5) is 0 Å². The number of carbonyl (C=O) groups excluding carboxylic acids is 1. The summed E-state index contributed by atoms with van der Waals surface area (Å²) in [7, 11) is 0. The molecule has 0 aliphatic heterocycles. The predicted molar refractivity (Wildman–Crippen MR) is 93.3 cm³/mol. The molecule has 3 saturated carbocycles. The highest BCUT2D eigenvalue weighted by molar-refractivity contribution is 5.83. The molecule has 0 saturated heterocycles. The van der Waals surface area contributed by atoms with E-state index in [0.29, 0.717) is 17.8 Å². The van der Waals surface area contributed by atoms with Crippen LogP contribution in [0.3, 0.4) is 0 Å². The second-order valence-electron chi connectivity index (χ2n) is 9.45. The van der Waals surface area contributed by atoms with E-state index in [1.54, 1.807) is 0 Å². The number of hydrogen-bond acceptors (Lipinski definition) is 3. The Morgan fingerprint density at radius 2 is 1.96 bits per heavy atom. The molecule has 0 aromatic carbocycles. The molecule has 0 bridgehead atoms. The predicted octanol–water partition coefficient (Wildman–Crippen LogP) is 3.49. The third-order valence-corrected chi connectivity index (χ3v) is 8.62. The molecule has 0 aromatic heterocycles. The van der Waals surface area contributed by atoms with Crippen molar-refractivity contribution in [2.75, 3.05) is 6.61 Å². The molecule has 4 aliphatic carbocycles. The van der Waals surface area contributed by atoms with Gasteiger partial charge >= 0.3 is 0 Å². The van der Waals surface area contributed by atoms with E-state index in [-0.39, 0.29) is 35.2 Å². The van der Waals surface area contributed by atoms with Crippen molar-refractivity contribution in [1.29, 1.82) is 0 Å². The molecule has 0 aromatic rings. The SMILES string of the molecule is C[C@]12CC[C@H]3[C@@H](CC=C4C[C@@H](O)CC[C@@]43C)[C@@H]1CC[C@@H]2C(=O)CO. The standard InChI is InChI=1S/C21H32O3/c1-20-9-7-14(23)11-13(20)3-4-15-16-5-6-18(19(24)12-22)21(16,2)10-8-17(15)20/h3,14-18,22-23H,4-12H2,1-2H3/t14-,15-,16-,17-,18+,20-,21-/m0/s1. The lowest BCUT2D eigenvalue weighted by Gasteiger charge is -2.57. The molecule has 4 aliphatic rings. The smallest absolute Gasteiger partial charge is 0.161 e. The van der Waals surface area contributed by atoms with E-state index in [1.165, 1.54) is 12.0 Å². The maximum Gasteiger partial charge on any atom is 0.161 e. The zero-order valence-electron chi connectivity index (χ0n) is 15.1. The largest absolute Gasteiger partial charge is 0.393 e. The third-order valence-electron chi connectivity index (χ3n) is 8.62. The van der Waals surface area contributed by atoms with Crippen LogP contribution in [0.1, 0.15) is 65.2 Å². The summed E-state index contributed by atoms with van der Waals surface area (Å²) in [5, 5.41) is 19.4. The van der Waals surface area contributed by atoms with Gasteiger partial charge in [0.25, 0.3) is 0 Å². The van der Waals surface area contributed by atoms with Gasteiger partial charge in [-0.05, 0) is 80.0 Å². The van der Waals surface area contributed by atoms with E-state index in [4.69, 9.17) is 0 Å². The molecular formula is C21H32O3. The minimum absolute atomic E-state index is 0.0671. The Morgan fingerprint density at radius 3 is 2.71 bits per heavy atom. The van der Waals surface area contributed by atoms with Crippen molar-refractivity contribution >= 4 is 5.78 Å². The van der Waals surface area contributed by atoms with Crippen LogP contribution in [0.25, 0.3) is 0 Å². The summed E-state index contributed by atoms with van der Waals surface area (Å²) >= 11 is 0. The van der Waals surface area contributed by atoms with E-state index in [0.717, 1.165) is 44.9 Å². The van der Waals surface area contributed by atoms with Crippen molar-refractivity contribution < 1.29 is 15.0 Å². The Kier molecular flexibility index (Phi) is 3.96. The number of allylic oxidation sites excluding steroid dienone is 1. The summed E-state index contributed by atoms with van der Waals surface area (Å²) in [6.07, 6.45) is 10.8. The first-order valence-corrected chi connectivity index (χ1v) is 9.91. The van der Waals surface area contributed by atoms with Gasteiger partial charge in [-0.2, -0.15) is 0 Å². The molecular weight excluding hydrogens is 300 g/mol. The molecule has 0 heterocycles. The second-order valence-corrected chi connectivity index (χ2v) is 9.45. The van der Waals surface area contributed by atoms with E-state index in [1.807, 2.05) is 0 Å². The van der Waals surface area contributed by atoms with Crippen molar-refractivity contribution in [1.82, 2.24) is 0 Å². The average Bonchev–Trinajstić information content (AvgIpc) is 2.92. The van der Waals surface area contributed by atoms with Crippen LogP contribution in [0.5, 0.6) is 0 Å². The number of fused-ring (bicyclic) bond motifs is 5. The van der Waals surface area contributed by atoms with Crippen LogP contribution in [-0.2, 0) is 4.79 Å². The Labute approximate surface area is 145 Å². The van der Waals surface area contributed by atoms with Gasteiger partial charge < -0.3 is 10.2 Å².